The zero-order valence-electron chi connectivity index (χ0n) is 17.2. The molecule has 0 spiro atoms. The van der Waals surface area contributed by atoms with Gasteiger partial charge in [0.25, 0.3) is 0 Å². The molecular formula is C21H23BN4O3. The Morgan fingerprint density at radius 3 is 2.55 bits per heavy atom. The Morgan fingerprint density at radius 1 is 1.21 bits per heavy atom. The molecule has 4 heterocycles. The first-order chi connectivity index (χ1) is 13.7. The number of ether oxygens (including phenoxy) is 1. The normalized spacial score (nSPS) is 18.6. The van der Waals surface area contributed by atoms with Crippen LogP contribution in [0.4, 0.5) is 0 Å². The molecule has 0 saturated carbocycles. The highest BCUT2D eigenvalue weighted by molar-refractivity contribution is 6.62. The van der Waals surface area contributed by atoms with Gasteiger partial charge in [-0.1, -0.05) is 6.07 Å². The minimum atomic E-state index is -0.563. The third kappa shape index (κ3) is 3.37. The van der Waals surface area contributed by atoms with Crippen LogP contribution in [0.3, 0.4) is 0 Å². The summed E-state index contributed by atoms with van der Waals surface area (Å²) in [6.07, 6.45) is 4.76. The molecular weight excluding hydrogens is 367 g/mol. The molecule has 0 amide bonds. The molecule has 0 radical (unpaired) electrons. The molecule has 3 aromatic heterocycles. The average Bonchev–Trinajstić information content (AvgIpc) is 3.20. The van der Waals surface area contributed by atoms with Crippen molar-refractivity contribution in [1.82, 2.24) is 14.6 Å². The minimum Gasteiger partial charge on any atom is -0.482 e. The Hall–Kier alpha value is -2.89. The molecule has 1 aliphatic heterocycles. The van der Waals surface area contributed by atoms with Crippen molar-refractivity contribution in [1.29, 1.82) is 5.26 Å². The molecule has 7 nitrogen and oxygen atoms in total. The van der Waals surface area contributed by atoms with Gasteiger partial charge in [0.1, 0.15) is 29.0 Å². The molecule has 29 heavy (non-hydrogen) atoms. The highest BCUT2D eigenvalue weighted by atomic mass is 16.7. The number of rotatable bonds is 4. The summed E-state index contributed by atoms with van der Waals surface area (Å²) >= 11 is 0. The number of hydrogen-bond acceptors (Lipinski definition) is 6. The van der Waals surface area contributed by atoms with Crippen LogP contribution in [-0.4, -0.2) is 32.9 Å². The van der Waals surface area contributed by atoms with Crippen LogP contribution in [0.25, 0.3) is 5.52 Å². The molecule has 0 bridgehead atoms. The summed E-state index contributed by atoms with van der Waals surface area (Å²) < 4.78 is 20.2. The van der Waals surface area contributed by atoms with Gasteiger partial charge in [-0.15, -0.1) is 0 Å². The lowest BCUT2D eigenvalue weighted by molar-refractivity contribution is 0.00578. The van der Waals surface area contributed by atoms with Crippen LogP contribution in [0.5, 0.6) is 5.75 Å². The Kier molecular flexibility index (Phi) is 4.60. The molecule has 3 aromatic rings. The van der Waals surface area contributed by atoms with Crippen LogP contribution in [0.15, 0.2) is 42.9 Å². The number of pyridine rings is 2. The van der Waals surface area contributed by atoms with Crippen molar-refractivity contribution in [3.05, 3.63) is 54.1 Å². The largest absolute Gasteiger partial charge is 0.496 e. The highest BCUT2D eigenvalue weighted by Crippen LogP contribution is 2.37. The van der Waals surface area contributed by atoms with E-state index in [1.165, 1.54) is 6.20 Å². The van der Waals surface area contributed by atoms with Gasteiger partial charge < -0.3 is 14.0 Å². The molecule has 4 rings (SSSR count). The van der Waals surface area contributed by atoms with Crippen molar-refractivity contribution < 1.29 is 14.0 Å². The van der Waals surface area contributed by atoms with Crippen LogP contribution >= 0.6 is 0 Å². The zero-order valence-corrected chi connectivity index (χ0v) is 17.2. The van der Waals surface area contributed by atoms with Gasteiger partial charge >= 0.3 is 7.12 Å². The second-order valence-corrected chi connectivity index (χ2v) is 8.20. The number of hydrogen-bond donors (Lipinski definition) is 0. The Morgan fingerprint density at radius 2 is 1.93 bits per heavy atom. The van der Waals surface area contributed by atoms with Crippen LogP contribution in [0, 0.1) is 11.3 Å². The van der Waals surface area contributed by atoms with E-state index in [1.54, 1.807) is 10.7 Å². The van der Waals surface area contributed by atoms with E-state index in [1.807, 2.05) is 65.1 Å². The third-order valence-corrected chi connectivity index (χ3v) is 5.65. The topological polar surface area (TPSA) is 81.7 Å². The smallest absolute Gasteiger partial charge is 0.482 e. The second-order valence-electron chi connectivity index (χ2n) is 8.20. The van der Waals surface area contributed by atoms with E-state index in [-0.39, 0.29) is 6.10 Å². The first kappa shape index (κ1) is 19.4. The maximum absolute atomic E-state index is 9.50. The number of nitriles is 1. The van der Waals surface area contributed by atoms with Gasteiger partial charge in [0, 0.05) is 17.9 Å². The molecule has 0 aromatic carbocycles. The van der Waals surface area contributed by atoms with Gasteiger partial charge in [0.15, 0.2) is 0 Å². The van der Waals surface area contributed by atoms with Crippen molar-refractivity contribution in [2.24, 2.45) is 0 Å². The summed E-state index contributed by atoms with van der Waals surface area (Å²) in [5, 5.41) is 13.8. The lowest BCUT2D eigenvalue weighted by Crippen LogP contribution is -2.41. The van der Waals surface area contributed by atoms with Crippen LogP contribution in [-0.2, 0) is 9.31 Å². The fourth-order valence-corrected chi connectivity index (χ4v) is 3.25. The standard InChI is InChI=1S/C21H23BN4O3/c1-14(17-8-6-7-9-24-17)27-18-10-16(13-26-19(18)15(11-23)12-25-26)22-28-20(2,3)21(4,5)29-22/h6-10,12-14H,1-5H3/t14-/m1/s1. The second kappa shape index (κ2) is 6.87. The fraction of sp³-hybridized carbons (Fsp3) is 0.381. The summed E-state index contributed by atoms with van der Waals surface area (Å²) in [5.74, 6) is 0.532. The minimum absolute atomic E-state index is 0.310. The Balaban J connectivity index is 1.76. The van der Waals surface area contributed by atoms with Crippen molar-refractivity contribution >= 4 is 18.1 Å². The van der Waals surface area contributed by atoms with Gasteiger partial charge in [-0.3, -0.25) is 4.98 Å². The summed E-state index contributed by atoms with van der Waals surface area (Å²) in [6.45, 7) is 9.95. The molecule has 1 saturated heterocycles. The molecule has 1 atom stereocenters. The predicted octanol–water partition coefficient (Wildman–Crippen LogP) is 3.04. The average molecular weight is 390 g/mol. The fourth-order valence-electron chi connectivity index (χ4n) is 3.25. The van der Waals surface area contributed by atoms with Gasteiger partial charge in [-0.05, 0) is 52.8 Å². The van der Waals surface area contributed by atoms with E-state index in [4.69, 9.17) is 14.0 Å². The van der Waals surface area contributed by atoms with E-state index in [2.05, 4.69) is 16.2 Å². The molecule has 1 fully saturated rings. The SMILES string of the molecule is C[C@@H](Oc1cc(B2OC(C)(C)C(C)(C)O2)cn2ncc(C#N)c12)c1ccccn1. The van der Waals surface area contributed by atoms with E-state index in [0.29, 0.717) is 16.8 Å². The van der Waals surface area contributed by atoms with Gasteiger partial charge in [-0.25, -0.2) is 4.52 Å². The molecule has 1 aliphatic rings. The van der Waals surface area contributed by atoms with Gasteiger partial charge in [-0.2, -0.15) is 10.4 Å². The Bertz CT molecular complexity index is 1070. The van der Waals surface area contributed by atoms with E-state index < -0.39 is 18.3 Å². The van der Waals surface area contributed by atoms with Crippen LogP contribution in [0.1, 0.15) is 52.0 Å². The maximum atomic E-state index is 9.50. The summed E-state index contributed by atoms with van der Waals surface area (Å²) in [5.41, 5.74) is 1.69. The van der Waals surface area contributed by atoms with Gasteiger partial charge in [0.05, 0.1) is 23.1 Å². The number of aromatic nitrogens is 3. The third-order valence-electron chi connectivity index (χ3n) is 5.65. The van der Waals surface area contributed by atoms with Crippen LogP contribution < -0.4 is 10.2 Å². The lowest BCUT2D eigenvalue weighted by Gasteiger charge is -2.32. The maximum Gasteiger partial charge on any atom is 0.496 e. The molecule has 0 aliphatic carbocycles. The van der Waals surface area contributed by atoms with Crippen molar-refractivity contribution in [3.8, 4) is 11.8 Å². The molecule has 0 unspecified atom stereocenters. The quantitative estimate of drug-likeness (QED) is 0.637. The van der Waals surface area contributed by atoms with Crippen LogP contribution in [0.2, 0.25) is 0 Å². The zero-order chi connectivity index (χ0) is 20.8. The predicted molar refractivity (Wildman–Crippen MR) is 109 cm³/mol. The van der Waals surface area contributed by atoms with E-state index in [9.17, 15) is 5.26 Å². The summed E-state index contributed by atoms with van der Waals surface area (Å²) in [6, 6.07) is 9.72. The number of fused-ring (bicyclic) bond motifs is 1. The van der Waals surface area contributed by atoms with E-state index in [0.717, 1.165) is 11.2 Å². The van der Waals surface area contributed by atoms with Gasteiger partial charge in [0.2, 0.25) is 0 Å². The first-order valence-electron chi connectivity index (χ1n) is 9.56. The number of nitrogens with zero attached hydrogens (tertiary/aromatic N) is 4. The van der Waals surface area contributed by atoms with E-state index >= 15 is 0 Å². The summed E-state index contributed by atoms with van der Waals surface area (Å²) in [4.78, 5) is 4.36. The molecule has 148 valence electrons. The van der Waals surface area contributed by atoms with Crippen molar-refractivity contribution in [2.45, 2.75) is 51.9 Å². The molecule has 0 N–H and O–H groups in total. The van der Waals surface area contributed by atoms with Crippen molar-refractivity contribution in [2.75, 3.05) is 0 Å². The lowest BCUT2D eigenvalue weighted by atomic mass is 9.80. The van der Waals surface area contributed by atoms with Crippen molar-refractivity contribution in [3.63, 3.8) is 0 Å². The Labute approximate surface area is 170 Å². The first-order valence-corrected chi connectivity index (χ1v) is 9.56. The highest BCUT2D eigenvalue weighted by Gasteiger charge is 2.52. The monoisotopic (exact) mass is 390 g/mol. The summed E-state index contributed by atoms with van der Waals surface area (Å²) in [7, 11) is -0.563. The molecule has 8 heteroatoms.